The Labute approximate surface area is 159 Å². The molecule has 0 radical (unpaired) electrons. The van der Waals surface area contributed by atoms with Crippen LogP contribution in [0.25, 0.3) is 0 Å². The molecular formula is C20H23FN2O3S. The first-order valence-corrected chi connectivity index (χ1v) is 10.5. The molecule has 1 heterocycles. The summed E-state index contributed by atoms with van der Waals surface area (Å²) in [7, 11) is -3.42. The molecule has 0 aliphatic carbocycles. The van der Waals surface area contributed by atoms with Crippen molar-refractivity contribution in [1.82, 2.24) is 9.62 Å². The number of carbonyl (C=O) groups excluding carboxylic acids is 1. The smallest absolute Gasteiger partial charge is 0.251 e. The van der Waals surface area contributed by atoms with Crippen molar-refractivity contribution in [2.24, 2.45) is 0 Å². The van der Waals surface area contributed by atoms with Crippen molar-refractivity contribution in [1.29, 1.82) is 0 Å². The zero-order chi connectivity index (χ0) is 19.3. The highest BCUT2D eigenvalue weighted by Crippen LogP contribution is 2.20. The van der Waals surface area contributed by atoms with Crippen molar-refractivity contribution in [3.05, 3.63) is 65.5 Å². The number of nitrogens with one attached hydrogen (secondary N) is 1. The number of amides is 1. The Hall–Kier alpha value is -2.25. The van der Waals surface area contributed by atoms with E-state index in [0.29, 0.717) is 36.5 Å². The average Bonchev–Trinajstić information content (AvgIpc) is 2.69. The Morgan fingerprint density at radius 3 is 2.22 bits per heavy atom. The van der Waals surface area contributed by atoms with Crippen LogP contribution in [-0.2, 0) is 16.4 Å². The van der Waals surface area contributed by atoms with Gasteiger partial charge in [0.2, 0.25) is 10.0 Å². The highest BCUT2D eigenvalue weighted by molar-refractivity contribution is 7.89. The summed E-state index contributed by atoms with van der Waals surface area (Å²) in [6, 6.07) is 12.2. The van der Waals surface area contributed by atoms with Crippen molar-refractivity contribution in [2.75, 3.05) is 19.6 Å². The maximum atomic E-state index is 12.9. The molecule has 27 heavy (non-hydrogen) atoms. The number of hydrogen-bond donors (Lipinski definition) is 1. The van der Waals surface area contributed by atoms with Crippen molar-refractivity contribution < 1.29 is 17.6 Å². The molecule has 0 saturated carbocycles. The first kappa shape index (κ1) is 19.5. The van der Waals surface area contributed by atoms with Crippen LogP contribution in [-0.4, -0.2) is 38.3 Å². The topological polar surface area (TPSA) is 66.5 Å². The fourth-order valence-corrected chi connectivity index (χ4v) is 4.62. The van der Waals surface area contributed by atoms with E-state index in [0.717, 1.165) is 24.8 Å². The first-order chi connectivity index (χ1) is 13.0. The molecule has 2 aromatic rings. The number of benzene rings is 2. The standard InChI is InChI=1S/C20H23FN2O3S/c21-18-8-6-17(7-9-18)20(24)22-13-12-16-4-10-19(11-5-16)27(25,26)23-14-2-1-3-15-23/h4-11H,1-3,12-15H2,(H,22,24). The number of sulfonamides is 1. The molecule has 0 bridgehead atoms. The predicted molar refractivity (Wildman–Crippen MR) is 101 cm³/mol. The van der Waals surface area contributed by atoms with E-state index >= 15 is 0 Å². The lowest BCUT2D eigenvalue weighted by molar-refractivity contribution is 0.0954. The van der Waals surface area contributed by atoms with Crippen LogP contribution >= 0.6 is 0 Å². The van der Waals surface area contributed by atoms with Gasteiger partial charge in [0, 0.05) is 25.2 Å². The second kappa shape index (κ2) is 8.63. The second-order valence-corrected chi connectivity index (χ2v) is 8.56. The Kier molecular flexibility index (Phi) is 6.23. The molecule has 1 saturated heterocycles. The molecule has 3 rings (SSSR count). The molecule has 1 N–H and O–H groups in total. The Balaban J connectivity index is 1.54. The number of carbonyl (C=O) groups is 1. The summed E-state index contributed by atoms with van der Waals surface area (Å²) in [6.07, 6.45) is 3.47. The largest absolute Gasteiger partial charge is 0.352 e. The van der Waals surface area contributed by atoms with Gasteiger partial charge in [0.1, 0.15) is 5.82 Å². The molecule has 2 aromatic carbocycles. The average molecular weight is 390 g/mol. The molecule has 0 aromatic heterocycles. The summed E-state index contributed by atoms with van der Waals surface area (Å²) < 4.78 is 39.7. The van der Waals surface area contributed by atoms with E-state index in [1.54, 1.807) is 28.6 Å². The van der Waals surface area contributed by atoms with E-state index < -0.39 is 10.0 Å². The second-order valence-electron chi connectivity index (χ2n) is 6.62. The summed E-state index contributed by atoms with van der Waals surface area (Å²) in [5.74, 6) is -0.648. The number of halogens is 1. The van der Waals surface area contributed by atoms with Crippen molar-refractivity contribution >= 4 is 15.9 Å². The van der Waals surface area contributed by atoms with Gasteiger partial charge in [-0.1, -0.05) is 18.6 Å². The van der Waals surface area contributed by atoms with E-state index in [4.69, 9.17) is 0 Å². The van der Waals surface area contributed by atoms with Crippen LogP contribution in [0.3, 0.4) is 0 Å². The minimum absolute atomic E-state index is 0.265. The molecule has 1 fully saturated rings. The van der Waals surface area contributed by atoms with Gasteiger partial charge in [0.25, 0.3) is 5.91 Å². The van der Waals surface area contributed by atoms with E-state index in [9.17, 15) is 17.6 Å². The van der Waals surface area contributed by atoms with Gasteiger partial charge in [-0.3, -0.25) is 4.79 Å². The summed E-state index contributed by atoms with van der Waals surface area (Å²) in [5, 5.41) is 2.78. The lowest BCUT2D eigenvalue weighted by Gasteiger charge is -2.25. The summed E-state index contributed by atoms with van der Waals surface area (Å²) in [4.78, 5) is 12.3. The third-order valence-electron chi connectivity index (χ3n) is 4.68. The molecule has 144 valence electrons. The molecule has 5 nitrogen and oxygen atoms in total. The van der Waals surface area contributed by atoms with E-state index in [2.05, 4.69) is 5.32 Å². The number of hydrogen-bond acceptors (Lipinski definition) is 3. The number of rotatable bonds is 6. The molecule has 7 heteroatoms. The Morgan fingerprint density at radius 1 is 0.963 bits per heavy atom. The first-order valence-electron chi connectivity index (χ1n) is 9.10. The Morgan fingerprint density at radius 2 is 1.59 bits per heavy atom. The normalized spacial score (nSPS) is 15.4. The maximum absolute atomic E-state index is 12.9. The molecule has 1 amide bonds. The Bertz CT molecular complexity index is 874. The fourth-order valence-electron chi connectivity index (χ4n) is 3.11. The van der Waals surface area contributed by atoms with Crippen molar-refractivity contribution in [3.8, 4) is 0 Å². The van der Waals surface area contributed by atoms with E-state index in [-0.39, 0.29) is 11.7 Å². The third kappa shape index (κ3) is 4.93. The third-order valence-corrected chi connectivity index (χ3v) is 6.59. The number of piperidine rings is 1. The van der Waals surface area contributed by atoms with Crippen LogP contribution in [0.2, 0.25) is 0 Å². The van der Waals surface area contributed by atoms with Crippen LogP contribution in [0.4, 0.5) is 4.39 Å². The monoisotopic (exact) mass is 390 g/mol. The SMILES string of the molecule is O=C(NCCc1ccc(S(=O)(=O)N2CCCCC2)cc1)c1ccc(F)cc1. The highest BCUT2D eigenvalue weighted by Gasteiger charge is 2.25. The van der Waals surface area contributed by atoms with Crippen LogP contribution in [0.5, 0.6) is 0 Å². The van der Waals surface area contributed by atoms with E-state index in [1.807, 2.05) is 0 Å². The van der Waals surface area contributed by atoms with Gasteiger partial charge in [0.05, 0.1) is 4.90 Å². The molecule has 0 spiro atoms. The summed E-state index contributed by atoms with van der Waals surface area (Å²) in [6.45, 7) is 1.58. The van der Waals surface area contributed by atoms with Crippen LogP contribution in [0.1, 0.15) is 35.2 Å². The highest BCUT2D eigenvalue weighted by atomic mass is 32.2. The van der Waals surface area contributed by atoms with Crippen molar-refractivity contribution in [2.45, 2.75) is 30.6 Å². The fraction of sp³-hybridized carbons (Fsp3) is 0.350. The molecular weight excluding hydrogens is 367 g/mol. The van der Waals surface area contributed by atoms with Gasteiger partial charge in [-0.25, -0.2) is 12.8 Å². The quantitative estimate of drug-likeness (QED) is 0.825. The van der Waals surface area contributed by atoms with Crippen LogP contribution < -0.4 is 5.32 Å². The van der Waals surface area contributed by atoms with E-state index in [1.165, 1.54) is 24.3 Å². The van der Waals surface area contributed by atoms with Gasteiger partial charge < -0.3 is 5.32 Å². The van der Waals surface area contributed by atoms with Crippen LogP contribution in [0, 0.1) is 5.82 Å². The zero-order valence-corrected chi connectivity index (χ0v) is 15.8. The van der Waals surface area contributed by atoms with Gasteiger partial charge >= 0.3 is 0 Å². The summed E-state index contributed by atoms with van der Waals surface area (Å²) >= 11 is 0. The number of nitrogens with zero attached hydrogens (tertiary/aromatic N) is 1. The molecule has 0 unspecified atom stereocenters. The summed E-state index contributed by atoms with van der Waals surface area (Å²) in [5.41, 5.74) is 1.34. The van der Waals surface area contributed by atoms with Gasteiger partial charge in [-0.2, -0.15) is 4.31 Å². The molecule has 1 aliphatic rings. The zero-order valence-electron chi connectivity index (χ0n) is 15.0. The minimum atomic E-state index is -3.42. The van der Waals surface area contributed by atoms with Crippen LogP contribution in [0.15, 0.2) is 53.4 Å². The minimum Gasteiger partial charge on any atom is -0.352 e. The lowest BCUT2D eigenvalue weighted by Crippen LogP contribution is -2.35. The predicted octanol–water partition coefficient (Wildman–Crippen LogP) is 2.97. The maximum Gasteiger partial charge on any atom is 0.251 e. The molecule has 1 aliphatic heterocycles. The lowest BCUT2D eigenvalue weighted by atomic mass is 10.1. The van der Waals surface area contributed by atoms with Gasteiger partial charge in [-0.05, 0) is 61.2 Å². The molecule has 0 atom stereocenters. The van der Waals surface area contributed by atoms with Gasteiger partial charge in [-0.15, -0.1) is 0 Å². The van der Waals surface area contributed by atoms with Crippen molar-refractivity contribution in [3.63, 3.8) is 0 Å². The van der Waals surface area contributed by atoms with Gasteiger partial charge in [0.15, 0.2) is 0 Å².